The Kier molecular flexibility index (Phi) is 4.52. The highest BCUT2D eigenvalue weighted by atomic mass is 32.1. The van der Waals surface area contributed by atoms with Crippen LogP contribution in [0.1, 0.15) is 5.56 Å². The van der Waals surface area contributed by atoms with Crippen molar-refractivity contribution in [1.29, 1.82) is 0 Å². The fourth-order valence-corrected chi connectivity index (χ4v) is 2.39. The summed E-state index contributed by atoms with van der Waals surface area (Å²) in [4.78, 5) is 0. The van der Waals surface area contributed by atoms with Crippen LogP contribution in [-0.2, 0) is 6.18 Å². The van der Waals surface area contributed by atoms with Gasteiger partial charge in [0, 0.05) is 5.69 Å². The summed E-state index contributed by atoms with van der Waals surface area (Å²) >= 11 is 1.09. The maximum Gasteiger partial charge on any atom is 0.416 e. The molecule has 3 rings (SSSR count). The lowest BCUT2D eigenvalue weighted by molar-refractivity contribution is -0.137. The molecule has 3 aromatic rings. The zero-order valence-electron chi connectivity index (χ0n) is 12.0. The second-order valence-corrected chi connectivity index (χ2v) is 5.58. The summed E-state index contributed by atoms with van der Waals surface area (Å²) in [5.74, 6) is 0. The molecule has 0 spiro atoms. The van der Waals surface area contributed by atoms with Crippen molar-refractivity contribution in [3.05, 3.63) is 60.2 Å². The molecule has 0 aliphatic carbocycles. The van der Waals surface area contributed by atoms with E-state index in [2.05, 4.69) is 25.7 Å². The van der Waals surface area contributed by atoms with Gasteiger partial charge >= 0.3 is 6.18 Å². The van der Waals surface area contributed by atoms with Crippen LogP contribution in [0.5, 0.6) is 0 Å². The lowest BCUT2D eigenvalue weighted by atomic mass is 10.2. The molecule has 9 heteroatoms. The van der Waals surface area contributed by atoms with Gasteiger partial charge in [-0.3, -0.25) is 0 Å². The van der Waals surface area contributed by atoms with Crippen LogP contribution in [0, 0.1) is 0 Å². The number of aromatic nitrogens is 2. The Labute approximate surface area is 138 Å². The molecule has 1 aromatic heterocycles. The summed E-state index contributed by atoms with van der Waals surface area (Å²) < 4.78 is 38.1. The van der Waals surface area contributed by atoms with Crippen LogP contribution in [0.3, 0.4) is 0 Å². The number of halogens is 3. The van der Waals surface area contributed by atoms with Crippen LogP contribution < -0.4 is 5.32 Å². The predicted octanol–water partition coefficient (Wildman–Crippen LogP) is 5.72. The quantitative estimate of drug-likeness (QED) is 0.613. The van der Waals surface area contributed by atoms with Crippen LogP contribution >= 0.6 is 11.3 Å². The van der Waals surface area contributed by atoms with Gasteiger partial charge in [-0.05, 0) is 30.3 Å². The van der Waals surface area contributed by atoms with Gasteiger partial charge in [-0.1, -0.05) is 35.6 Å². The molecule has 0 aliphatic heterocycles. The Bertz CT molecular complexity index is 846. The third kappa shape index (κ3) is 4.13. The first-order valence-electron chi connectivity index (χ1n) is 6.75. The largest absolute Gasteiger partial charge is 0.416 e. The number of rotatable bonds is 4. The van der Waals surface area contributed by atoms with E-state index in [1.54, 1.807) is 12.1 Å². The molecule has 5 nitrogen and oxygen atoms in total. The van der Waals surface area contributed by atoms with E-state index in [1.807, 2.05) is 18.2 Å². The molecule has 0 unspecified atom stereocenters. The Balaban J connectivity index is 1.71. The van der Waals surface area contributed by atoms with Crippen molar-refractivity contribution in [3.8, 4) is 0 Å². The first-order valence-corrected chi connectivity index (χ1v) is 7.57. The van der Waals surface area contributed by atoms with Gasteiger partial charge < -0.3 is 5.32 Å². The fourth-order valence-electron chi connectivity index (χ4n) is 1.80. The average Bonchev–Trinajstić information content (AvgIpc) is 3.01. The molecule has 1 N–H and O–H groups in total. The summed E-state index contributed by atoms with van der Waals surface area (Å²) in [5.41, 5.74) is 0.202. The molecular weight excluding hydrogens is 339 g/mol. The lowest BCUT2D eigenvalue weighted by Crippen LogP contribution is -2.05. The van der Waals surface area contributed by atoms with Crippen molar-refractivity contribution in [2.75, 3.05) is 5.32 Å². The molecule has 0 bridgehead atoms. The minimum absolute atomic E-state index is 0.271. The molecule has 0 saturated carbocycles. The average molecular weight is 349 g/mol. The molecule has 1 heterocycles. The molecule has 24 heavy (non-hydrogen) atoms. The van der Waals surface area contributed by atoms with Gasteiger partial charge in [-0.15, -0.1) is 20.4 Å². The third-order valence-electron chi connectivity index (χ3n) is 2.86. The molecule has 122 valence electrons. The monoisotopic (exact) mass is 349 g/mol. The zero-order chi connectivity index (χ0) is 17.0. The first kappa shape index (κ1) is 16.1. The van der Waals surface area contributed by atoms with Gasteiger partial charge in [-0.2, -0.15) is 13.2 Å². The van der Waals surface area contributed by atoms with Crippen LogP contribution in [-0.4, -0.2) is 10.2 Å². The minimum atomic E-state index is -4.39. The lowest BCUT2D eigenvalue weighted by Gasteiger charge is -2.08. The molecule has 0 amide bonds. The minimum Gasteiger partial charge on any atom is -0.330 e. The SMILES string of the molecule is FC(F)(F)c1cccc(Nc2nnc(N=Nc3ccccc3)s2)c1. The number of nitrogens with zero attached hydrogens (tertiary/aromatic N) is 4. The number of hydrogen-bond acceptors (Lipinski definition) is 6. The second-order valence-electron chi connectivity index (χ2n) is 4.63. The number of azo groups is 1. The van der Waals surface area contributed by atoms with Crippen LogP contribution in [0.25, 0.3) is 0 Å². The molecule has 0 atom stereocenters. The van der Waals surface area contributed by atoms with Gasteiger partial charge in [0.05, 0.1) is 11.3 Å². The van der Waals surface area contributed by atoms with Crippen molar-refractivity contribution >= 4 is 33.0 Å². The number of benzene rings is 2. The van der Waals surface area contributed by atoms with E-state index >= 15 is 0 Å². The van der Waals surface area contributed by atoms with E-state index in [4.69, 9.17) is 0 Å². The number of alkyl halides is 3. The van der Waals surface area contributed by atoms with Crippen molar-refractivity contribution in [3.63, 3.8) is 0 Å². The Hall–Kier alpha value is -2.81. The Morgan fingerprint density at radius 2 is 1.71 bits per heavy atom. The summed E-state index contributed by atoms with van der Waals surface area (Å²) in [6, 6.07) is 13.9. The molecule has 0 fully saturated rings. The highest BCUT2D eigenvalue weighted by Crippen LogP contribution is 2.32. The smallest absolute Gasteiger partial charge is 0.330 e. The maximum atomic E-state index is 12.7. The van der Waals surface area contributed by atoms with Gasteiger partial charge in [0.15, 0.2) is 0 Å². The highest BCUT2D eigenvalue weighted by Gasteiger charge is 2.30. The zero-order valence-corrected chi connectivity index (χ0v) is 12.8. The summed E-state index contributed by atoms with van der Waals surface area (Å²) in [5, 5.41) is 19.0. The van der Waals surface area contributed by atoms with Crippen molar-refractivity contribution in [2.24, 2.45) is 10.2 Å². The number of nitrogens with one attached hydrogen (secondary N) is 1. The topological polar surface area (TPSA) is 62.5 Å². The fraction of sp³-hybridized carbons (Fsp3) is 0.0667. The van der Waals surface area contributed by atoms with Gasteiger partial charge in [0.1, 0.15) is 0 Å². The summed E-state index contributed by atoms with van der Waals surface area (Å²) in [7, 11) is 0. The summed E-state index contributed by atoms with van der Waals surface area (Å²) in [6.45, 7) is 0. The summed E-state index contributed by atoms with van der Waals surface area (Å²) in [6.07, 6.45) is -4.39. The van der Waals surface area contributed by atoms with Crippen LogP contribution in [0.4, 0.5) is 34.8 Å². The van der Waals surface area contributed by atoms with Crippen LogP contribution in [0.2, 0.25) is 0 Å². The number of hydrogen-bond donors (Lipinski definition) is 1. The predicted molar refractivity (Wildman–Crippen MR) is 85.3 cm³/mol. The second kappa shape index (κ2) is 6.75. The van der Waals surface area contributed by atoms with Crippen molar-refractivity contribution in [2.45, 2.75) is 6.18 Å². The van der Waals surface area contributed by atoms with E-state index in [0.29, 0.717) is 16.0 Å². The molecular formula is C15H10F3N5S. The van der Waals surface area contributed by atoms with E-state index in [9.17, 15) is 13.2 Å². The standard InChI is InChI=1S/C15H10F3N5S/c16-15(17,18)10-5-4-8-12(9-10)19-13-21-23-14(24-13)22-20-11-6-2-1-3-7-11/h1-9H,(H,19,21). The Morgan fingerprint density at radius 3 is 2.46 bits per heavy atom. The third-order valence-corrected chi connectivity index (χ3v) is 3.59. The van der Waals surface area contributed by atoms with E-state index in [1.165, 1.54) is 12.1 Å². The maximum absolute atomic E-state index is 12.7. The molecule has 0 radical (unpaired) electrons. The molecule has 2 aromatic carbocycles. The normalized spacial score (nSPS) is 11.8. The van der Waals surface area contributed by atoms with Crippen molar-refractivity contribution in [1.82, 2.24) is 10.2 Å². The molecule has 0 aliphatic rings. The van der Waals surface area contributed by atoms with E-state index < -0.39 is 11.7 Å². The van der Waals surface area contributed by atoms with Crippen molar-refractivity contribution < 1.29 is 13.2 Å². The first-order chi connectivity index (χ1) is 11.5. The van der Waals surface area contributed by atoms with E-state index in [0.717, 1.165) is 23.5 Å². The number of anilines is 2. The Morgan fingerprint density at radius 1 is 0.917 bits per heavy atom. The van der Waals surface area contributed by atoms with Gasteiger partial charge in [-0.25, -0.2) is 0 Å². The van der Waals surface area contributed by atoms with Crippen LogP contribution in [0.15, 0.2) is 64.8 Å². The van der Waals surface area contributed by atoms with Gasteiger partial charge in [0.25, 0.3) is 5.13 Å². The van der Waals surface area contributed by atoms with E-state index in [-0.39, 0.29) is 5.69 Å². The molecule has 0 saturated heterocycles. The van der Waals surface area contributed by atoms with Gasteiger partial charge in [0.2, 0.25) is 5.13 Å². The highest BCUT2D eigenvalue weighted by molar-refractivity contribution is 7.18.